The average molecular weight is 422 g/mol. The van der Waals surface area contributed by atoms with Gasteiger partial charge in [-0.3, -0.25) is 4.79 Å². The Morgan fingerprint density at radius 3 is 2.26 bits per heavy atom. The fourth-order valence-corrected chi connectivity index (χ4v) is 3.43. The highest BCUT2D eigenvalue weighted by Gasteiger charge is 2.28. The monoisotopic (exact) mass is 422 g/mol. The van der Waals surface area contributed by atoms with E-state index >= 15 is 0 Å². The summed E-state index contributed by atoms with van der Waals surface area (Å²) in [6.45, 7) is -0.127. The minimum atomic E-state index is -1.23. The smallest absolute Gasteiger partial charge is 0.407 e. The summed E-state index contributed by atoms with van der Waals surface area (Å²) in [6, 6.07) is 14.8. The van der Waals surface area contributed by atoms with E-state index in [1.807, 2.05) is 36.4 Å². The van der Waals surface area contributed by atoms with Crippen molar-refractivity contribution >= 4 is 18.0 Å². The van der Waals surface area contributed by atoms with E-state index in [0.717, 1.165) is 22.3 Å². The molecule has 0 bridgehead atoms. The molecule has 31 heavy (non-hydrogen) atoms. The average Bonchev–Trinajstić information content (AvgIpc) is 3.09. The van der Waals surface area contributed by atoms with Crippen LogP contribution < -0.4 is 10.6 Å². The summed E-state index contributed by atoms with van der Waals surface area (Å²) in [5.41, 5.74) is 4.49. The predicted octanol–water partition coefficient (Wildman–Crippen LogP) is 1.74. The number of nitrogens with one attached hydrogen (secondary N) is 2. The molecule has 1 aliphatic carbocycles. The number of aliphatic carboxylic acids is 1. The molecule has 160 valence electrons. The quantitative estimate of drug-likeness (QED) is 0.586. The number of hydrogen-bond acceptors (Lipinski definition) is 5. The second-order valence-corrected chi connectivity index (χ2v) is 6.80. The molecule has 0 heterocycles. The Kier molecular flexibility index (Phi) is 7.25. The lowest BCUT2D eigenvalue weighted by Crippen LogP contribution is -2.43. The van der Waals surface area contributed by atoms with Crippen LogP contribution in [0.15, 0.2) is 48.5 Å². The highest BCUT2D eigenvalue weighted by Crippen LogP contribution is 2.44. The van der Waals surface area contributed by atoms with Crippen molar-refractivity contribution in [2.45, 2.75) is 12.0 Å². The summed E-state index contributed by atoms with van der Waals surface area (Å²) < 4.78 is 10.1. The lowest BCUT2D eigenvalue weighted by molar-refractivity contribution is -0.142. The van der Waals surface area contributed by atoms with E-state index in [2.05, 4.69) is 34.6 Å². The molecule has 3 N–H and O–H groups in total. The van der Waals surface area contributed by atoms with E-state index in [9.17, 15) is 14.4 Å². The maximum absolute atomic E-state index is 12.0. The SMILES string of the molecule is COC[C@H](NC(=O)C#CCNC(=O)OCC1c2ccccc2-c2ccccc21)C(=O)O. The van der Waals surface area contributed by atoms with Gasteiger partial charge in [-0.25, -0.2) is 9.59 Å². The summed E-state index contributed by atoms with van der Waals surface area (Å²) >= 11 is 0. The Morgan fingerprint density at radius 1 is 1.06 bits per heavy atom. The van der Waals surface area contributed by atoms with Crippen molar-refractivity contribution < 1.29 is 29.0 Å². The lowest BCUT2D eigenvalue weighted by Gasteiger charge is -2.14. The van der Waals surface area contributed by atoms with Crippen LogP contribution in [0.5, 0.6) is 0 Å². The van der Waals surface area contributed by atoms with Gasteiger partial charge in [-0.2, -0.15) is 0 Å². The highest BCUT2D eigenvalue weighted by molar-refractivity contribution is 5.96. The topological polar surface area (TPSA) is 114 Å². The molecule has 1 aliphatic rings. The summed E-state index contributed by atoms with van der Waals surface area (Å²) in [7, 11) is 1.33. The van der Waals surface area contributed by atoms with Crippen LogP contribution in [0.4, 0.5) is 4.79 Å². The maximum Gasteiger partial charge on any atom is 0.407 e. The molecule has 0 radical (unpaired) electrons. The number of alkyl carbamates (subject to hydrolysis) is 1. The highest BCUT2D eigenvalue weighted by atomic mass is 16.5. The van der Waals surface area contributed by atoms with Crippen LogP contribution in [0.25, 0.3) is 11.1 Å². The first-order valence-electron chi connectivity index (χ1n) is 9.61. The number of carboxylic acids is 1. The van der Waals surface area contributed by atoms with Gasteiger partial charge in [0.2, 0.25) is 0 Å². The number of fused-ring (bicyclic) bond motifs is 3. The van der Waals surface area contributed by atoms with E-state index < -0.39 is 24.0 Å². The van der Waals surface area contributed by atoms with Crippen LogP contribution in [-0.4, -0.2) is 56.0 Å². The zero-order chi connectivity index (χ0) is 22.2. The molecule has 2 aromatic carbocycles. The molecular weight excluding hydrogens is 400 g/mol. The number of ether oxygens (including phenoxy) is 2. The molecule has 0 unspecified atom stereocenters. The fraction of sp³-hybridized carbons (Fsp3) is 0.261. The van der Waals surface area contributed by atoms with Gasteiger partial charge in [0.05, 0.1) is 13.2 Å². The molecule has 0 aromatic heterocycles. The number of carbonyl (C=O) groups excluding carboxylic acids is 2. The molecule has 0 spiro atoms. The van der Waals surface area contributed by atoms with Crippen LogP contribution in [0.3, 0.4) is 0 Å². The van der Waals surface area contributed by atoms with Gasteiger partial charge < -0.3 is 25.2 Å². The minimum absolute atomic E-state index is 0.0521. The van der Waals surface area contributed by atoms with Crippen LogP contribution in [0, 0.1) is 11.8 Å². The number of methoxy groups -OCH3 is 1. The van der Waals surface area contributed by atoms with Crippen LogP contribution in [-0.2, 0) is 19.1 Å². The van der Waals surface area contributed by atoms with Gasteiger partial charge in [-0.05, 0) is 28.2 Å². The first-order valence-corrected chi connectivity index (χ1v) is 9.61. The van der Waals surface area contributed by atoms with Crippen molar-refractivity contribution in [2.75, 3.05) is 26.9 Å². The normalized spacial score (nSPS) is 12.5. The van der Waals surface area contributed by atoms with Crippen LogP contribution in [0.2, 0.25) is 0 Å². The Morgan fingerprint density at radius 2 is 1.68 bits per heavy atom. The summed E-state index contributed by atoms with van der Waals surface area (Å²) in [5, 5.41) is 13.6. The van der Waals surface area contributed by atoms with E-state index in [1.54, 1.807) is 0 Å². The Balaban J connectivity index is 1.49. The van der Waals surface area contributed by atoms with E-state index in [1.165, 1.54) is 7.11 Å². The van der Waals surface area contributed by atoms with E-state index in [0.29, 0.717) is 0 Å². The molecule has 2 aromatic rings. The molecule has 1 atom stereocenters. The summed E-state index contributed by atoms with van der Waals surface area (Å²) in [6.07, 6.45) is -0.653. The fourth-order valence-electron chi connectivity index (χ4n) is 3.43. The van der Waals surface area contributed by atoms with Crippen molar-refractivity contribution in [1.29, 1.82) is 0 Å². The number of amides is 2. The van der Waals surface area contributed by atoms with Crippen molar-refractivity contribution in [3.63, 3.8) is 0 Å². The molecule has 0 fully saturated rings. The lowest BCUT2D eigenvalue weighted by atomic mass is 9.98. The standard InChI is InChI=1S/C23H22N2O6/c1-30-14-20(22(27)28)25-21(26)11-6-12-24-23(29)31-13-19-17-9-4-2-7-15(17)16-8-3-5-10-18(16)19/h2-5,7-10,19-20H,12-14H2,1H3,(H,24,29)(H,25,26)(H,27,28)/t20-/m0/s1. The molecule has 3 rings (SSSR count). The first kappa shape index (κ1) is 21.9. The summed E-state index contributed by atoms with van der Waals surface area (Å²) in [4.78, 5) is 34.7. The van der Waals surface area contributed by atoms with Gasteiger partial charge in [0, 0.05) is 13.0 Å². The van der Waals surface area contributed by atoms with E-state index in [-0.39, 0.29) is 25.7 Å². The molecule has 0 aliphatic heterocycles. The number of carbonyl (C=O) groups is 3. The predicted molar refractivity (Wildman–Crippen MR) is 112 cm³/mol. The Hall–Kier alpha value is -3.83. The van der Waals surface area contributed by atoms with Crippen molar-refractivity contribution in [2.24, 2.45) is 0 Å². The van der Waals surface area contributed by atoms with Crippen molar-refractivity contribution in [3.8, 4) is 23.0 Å². The Bertz CT molecular complexity index is 994. The second kappa shape index (κ2) is 10.3. The van der Waals surface area contributed by atoms with Gasteiger partial charge >= 0.3 is 12.1 Å². The largest absolute Gasteiger partial charge is 0.480 e. The number of rotatable bonds is 7. The van der Waals surface area contributed by atoms with Crippen molar-refractivity contribution in [1.82, 2.24) is 10.6 Å². The molecule has 0 saturated heterocycles. The maximum atomic E-state index is 12.0. The van der Waals surface area contributed by atoms with Gasteiger partial charge in [0.1, 0.15) is 6.61 Å². The van der Waals surface area contributed by atoms with E-state index in [4.69, 9.17) is 14.6 Å². The number of hydrogen-bond donors (Lipinski definition) is 3. The zero-order valence-corrected chi connectivity index (χ0v) is 16.9. The van der Waals surface area contributed by atoms with Crippen LogP contribution >= 0.6 is 0 Å². The molecular formula is C23H22N2O6. The second-order valence-electron chi connectivity index (χ2n) is 6.80. The van der Waals surface area contributed by atoms with Gasteiger partial charge in [-0.1, -0.05) is 54.5 Å². The summed E-state index contributed by atoms with van der Waals surface area (Å²) in [5.74, 6) is 2.61. The van der Waals surface area contributed by atoms with Crippen molar-refractivity contribution in [3.05, 3.63) is 59.7 Å². The third kappa shape index (κ3) is 5.41. The molecule has 8 heteroatoms. The molecule has 0 saturated carbocycles. The minimum Gasteiger partial charge on any atom is -0.480 e. The van der Waals surface area contributed by atoms with Gasteiger partial charge in [0.15, 0.2) is 6.04 Å². The molecule has 2 amide bonds. The number of carboxylic acid groups (broad SMARTS) is 1. The van der Waals surface area contributed by atoms with Crippen LogP contribution in [0.1, 0.15) is 17.0 Å². The third-order valence-corrected chi connectivity index (χ3v) is 4.80. The number of benzene rings is 2. The molecule has 8 nitrogen and oxygen atoms in total. The van der Waals surface area contributed by atoms with Gasteiger partial charge in [-0.15, -0.1) is 0 Å². The first-order chi connectivity index (χ1) is 15.0. The third-order valence-electron chi connectivity index (χ3n) is 4.80. The zero-order valence-electron chi connectivity index (χ0n) is 16.9. The Labute approximate surface area is 179 Å². The van der Waals surface area contributed by atoms with Gasteiger partial charge in [0.25, 0.3) is 5.91 Å².